The molecule has 0 bridgehead atoms. The second-order valence-corrected chi connectivity index (χ2v) is 5.72. The van der Waals surface area contributed by atoms with Crippen LogP contribution >= 0.6 is 0 Å². The lowest BCUT2D eigenvalue weighted by Gasteiger charge is -2.22. The van der Waals surface area contributed by atoms with E-state index in [1.54, 1.807) is 20.4 Å². The summed E-state index contributed by atoms with van der Waals surface area (Å²) in [7, 11) is 5.42. The Bertz CT molecular complexity index is 859. The molecule has 0 saturated carbocycles. The molecule has 2 aromatic carbocycles. The highest BCUT2D eigenvalue weighted by Crippen LogP contribution is 2.27. The zero-order valence-corrected chi connectivity index (χ0v) is 14.7. The van der Waals surface area contributed by atoms with Gasteiger partial charge in [-0.25, -0.2) is 0 Å². The van der Waals surface area contributed by atoms with E-state index in [4.69, 9.17) is 9.26 Å². The molecular formula is C19H22N4O2. The Hall–Kier alpha value is -3.02. The maximum Gasteiger partial charge on any atom is 0.194 e. The Balaban J connectivity index is 1.78. The third kappa shape index (κ3) is 3.74. The van der Waals surface area contributed by atoms with E-state index in [0.717, 1.165) is 23.0 Å². The summed E-state index contributed by atoms with van der Waals surface area (Å²) in [5, 5.41) is 9.70. The van der Waals surface area contributed by atoms with Crippen LogP contribution in [-0.2, 0) is 13.1 Å². The van der Waals surface area contributed by atoms with Gasteiger partial charge in [0, 0.05) is 32.3 Å². The monoisotopic (exact) mass is 338 g/mol. The van der Waals surface area contributed by atoms with Crippen molar-refractivity contribution in [2.45, 2.75) is 13.1 Å². The van der Waals surface area contributed by atoms with E-state index in [0.29, 0.717) is 13.1 Å². The van der Waals surface area contributed by atoms with Crippen LogP contribution in [0.15, 0.2) is 58.2 Å². The molecule has 0 unspecified atom stereocenters. The first-order chi connectivity index (χ1) is 12.2. The molecule has 0 saturated heterocycles. The van der Waals surface area contributed by atoms with Gasteiger partial charge in [0.1, 0.15) is 17.7 Å². The molecule has 0 amide bonds. The van der Waals surface area contributed by atoms with Crippen molar-refractivity contribution in [3.63, 3.8) is 0 Å². The second kappa shape index (κ2) is 7.70. The topological polar surface area (TPSA) is 62.9 Å². The largest absolute Gasteiger partial charge is 0.496 e. The fourth-order valence-corrected chi connectivity index (χ4v) is 2.88. The Labute approximate surface area is 147 Å². The quantitative estimate of drug-likeness (QED) is 0.572. The van der Waals surface area contributed by atoms with Gasteiger partial charge < -0.3 is 19.5 Å². The summed E-state index contributed by atoms with van der Waals surface area (Å²) in [5.74, 6) is 1.64. The van der Waals surface area contributed by atoms with E-state index in [1.807, 2.05) is 36.2 Å². The van der Waals surface area contributed by atoms with E-state index in [2.05, 4.69) is 33.7 Å². The van der Waals surface area contributed by atoms with Crippen molar-refractivity contribution in [1.82, 2.24) is 15.4 Å². The standard InChI is InChI=1S/C19H22N4O2/c1-20-19(23(2)13-15-10-11-25-22-15)21-12-17-16-7-5-4-6-14(16)8-9-18(17)24-3/h4-11H,12-13H2,1-3H3,(H,20,21). The van der Waals surface area contributed by atoms with Crippen molar-refractivity contribution in [3.8, 4) is 5.75 Å². The summed E-state index contributed by atoms with van der Waals surface area (Å²) in [6.45, 7) is 1.23. The van der Waals surface area contributed by atoms with Gasteiger partial charge in [-0.1, -0.05) is 35.5 Å². The molecule has 0 spiro atoms. The van der Waals surface area contributed by atoms with E-state index in [-0.39, 0.29) is 0 Å². The van der Waals surface area contributed by atoms with Crippen molar-refractivity contribution < 1.29 is 9.26 Å². The summed E-state index contributed by atoms with van der Waals surface area (Å²) in [6, 6.07) is 14.2. The Morgan fingerprint density at radius 2 is 2.08 bits per heavy atom. The van der Waals surface area contributed by atoms with Crippen LogP contribution in [0.1, 0.15) is 11.3 Å². The molecule has 0 aliphatic heterocycles. The molecular weight excluding hydrogens is 316 g/mol. The molecule has 1 aromatic heterocycles. The first kappa shape index (κ1) is 16.8. The first-order valence-corrected chi connectivity index (χ1v) is 8.08. The van der Waals surface area contributed by atoms with Crippen LogP contribution in [0.25, 0.3) is 10.8 Å². The SMILES string of the molecule is CN=C(NCc1c(OC)ccc2ccccc12)N(C)Cc1ccon1. The van der Waals surface area contributed by atoms with Gasteiger partial charge >= 0.3 is 0 Å². The Morgan fingerprint density at radius 1 is 1.24 bits per heavy atom. The van der Waals surface area contributed by atoms with Gasteiger partial charge in [0.25, 0.3) is 0 Å². The minimum atomic E-state index is 0.611. The Kier molecular flexibility index (Phi) is 5.18. The van der Waals surface area contributed by atoms with Crippen LogP contribution in [0.5, 0.6) is 5.75 Å². The fraction of sp³-hybridized carbons (Fsp3) is 0.263. The molecule has 0 radical (unpaired) electrons. The number of rotatable bonds is 5. The number of aromatic nitrogens is 1. The van der Waals surface area contributed by atoms with Crippen molar-refractivity contribution in [3.05, 3.63) is 60.0 Å². The summed E-state index contributed by atoms with van der Waals surface area (Å²) in [4.78, 5) is 6.35. The summed E-state index contributed by atoms with van der Waals surface area (Å²) < 4.78 is 10.4. The molecule has 0 aliphatic carbocycles. The van der Waals surface area contributed by atoms with Gasteiger partial charge in [0.2, 0.25) is 0 Å². The Morgan fingerprint density at radius 3 is 2.80 bits per heavy atom. The minimum absolute atomic E-state index is 0.611. The maximum absolute atomic E-state index is 5.55. The third-order valence-electron chi connectivity index (χ3n) is 4.10. The van der Waals surface area contributed by atoms with Gasteiger partial charge in [-0.3, -0.25) is 4.99 Å². The van der Waals surface area contributed by atoms with Crippen molar-refractivity contribution in [2.24, 2.45) is 4.99 Å². The lowest BCUT2D eigenvalue weighted by molar-refractivity contribution is 0.390. The van der Waals surface area contributed by atoms with E-state index in [1.165, 1.54) is 10.8 Å². The maximum atomic E-state index is 5.55. The summed E-state index contributed by atoms with van der Waals surface area (Å²) >= 11 is 0. The lowest BCUT2D eigenvalue weighted by atomic mass is 10.0. The van der Waals surface area contributed by atoms with Crippen LogP contribution < -0.4 is 10.1 Å². The number of methoxy groups -OCH3 is 1. The lowest BCUT2D eigenvalue weighted by Crippen LogP contribution is -2.38. The normalized spacial score (nSPS) is 11.6. The molecule has 0 atom stereocenters. The van der Waals surface area contributed by atoms with E-state index < -0.39 is 0 Å². The van der Waals surface area contributed by atoms with Crippen LogP contribution in [0.2, 0.25) is 0 Å². The minimum Gasteiger partial charge on any atom is -0.496 e. The summed E-state index contributed by atoms with van der Waals surface area (Å²) in [6.07, 6.45) is 1.57. The molecule has 0 fully saturated rings. The number of ether oxygens (including phenoxy) is 1. The molecule has 1 heterocycles. The van der Waals surface area contributed by atoms with E-state index >= 15 is 0 Å². The van der Waals surface area contributed by atoms with Gasteiger partial charge in [-0.15, -0.1) is 0 Å². The summed E-state index contributed by atoms with van der Waals surface area (Å²) in [5.41, 5.74) is 1.96. The van der Waals surface area contributed by atoms with E-state index in [9.17, 15) is 0 Å². The molecule has 25 heavy (non-hydrogen) atoms. The van der Waals surface area contributed by atoms with Gasteiger partial charge in [-0.2, -0.15) is 0 Å². The molecule has 3 aromatic rings. The highest BCUT2D eigenvalue weighted by atomic mass is 16.5. The first-order valence-electron chi connectivity index (χ1n) is 8.08. The number of aliphatic imine (C=N–C) groups is 1. The molecule has 0 aliphatic rings. The van der Waals surface area contributed by atoms with Crippen molar-refractivity contribution in [1.29, 1.82) is 0 Å². The van der Waals surface area contributed by atoms with Gasteiger partial charge in [0.05, 0.1) is 13.7 Å². The molecule has 6 heteroatoms. The van der Waals surface area contributed by atoms with Crippen LogP contribution in [0, 0.1) is 0 Å². The number of benzene rings is 2. The highest BCUT2D eigenvalue weighted by molar-refractivity contribution is 5.88. The third-order valence-corrected chi connectivity index (χ3v) is 4.10. The fourth-order valence-electron chi connectivity index (χ4n) is 2.88. The predicted molar refractivity (Wildman–Crippen MR) is 98.7 cm³/mol. The van der Waals surface area contributed by atoms with Gasteiger partial charge in [-0.05, 0) is 16.8 Å². The number of fused-ring (bicyclic) bond motifs is 1. The molecule has 6 nitrogen and oxygen atoms in total. The van der Waals surface area contributed by atoms with Gasteiger partial charge in [0.15, 0.2) is 5.96 Å². The molecule has 3 rings (SSSR count). The molecule has 1 N–H and O–H groups in total. The number of hydrogen-bond donors (Lipinski definition) is 1. The average Bonchev–Trinajstić information content (AvgIpc) is 3.15. The van der Waals surface area contributed by atoms with Crippen LogP contribution in [0.3, 0.4) is 0 Å². The molecule has 130 valence electrons. The smallest absolute Gasteiger partial charge is 0.194 e. The van der Waals surface area contributed by atoms with Crippen molar-refractivity contribution in [2.75, 3.05) is 21.2 Å². The zero-order valence-electron chi connectivity index (χ0n) is 14.7. The van der Waals surface area contributed by atoms with Crippen molar-refractivity contribution >= 4 is 16.7 Å². The number of nitrogens with zero attached hydrogens (tertiary/aromatic N) is 3. The highest BCUT2D eigenvalue weighted by Gasteiger charge is 2.12. The second-order valence-electron chi connectivity index (χ2n) is 5.72. The average molecular weight is 338 g/mol. The zero-order chi connectivity index (χ0) is 17.6. The number of hydrogen-bond acceptors (Lipinski definition) is 4. The number of nitrogens with one attached hydrogen (secondary N) is 1. The van der Waals surface area contributed by atoms with Crippen LogP contribution in [-0.4, -0.2) is 37.2 Å². The van der Waals surface area contributed by atoms with Crippen LogP contribution in [0.4, 0.5) is 0 Å². The predicted octanol–water partition coefficient (Wildman–Crippen LogP) is 3.04. The number of guanidine groups is 1.